The van der Waals surface area contributed by atoms with Crippen LogP contribution in [-0.4, -0.2) is 30.2 Å². The molecule has 0 fully saturated rings. The van der Waals surface area contributed by atoms with Crippen molar-refractivity contribution in [3.63, 3.8) is 0 Å². The fourth-order valence-corrected chi connectivity index (χ4v) is 4.32. The first kappa shape index (κ1) is 18.6. The number of ether oxygens (including phenoxy) is 1. The second-order valence-electron chi connectivity index (χ2n) is 5.96. The number of nitrogens with one attached hydrogen (secondary N) is 1. The second-order valence-corrected chi connectivity index (χ2v) is 7.82. The van der Waals surface area contributed by atoms with Crippen LogP contribution in [0.5, 0.6) is 5.75 Å². The Morgan fingerprint density at radius 1 is 1.31 bits per heavy atom. The van der Waals surface area contributed by atoms with E-state index in [4.69, 9.17) is 16.3 Å². The lowest BCUT2D eigenvalue weighted by Gasteiger charge is -2.38. The zero-order chi connectivity index (χ0) is 18.9. The molecule has 0 aliphatic carbocycles. The molecule has 0 spiro atoms. The van der Waals surface area contributed by atoms with E-state index in [0.717, 1.165) is 10.6 Å². The minimum Gasteiger partial charge on any atom is -0.495 e. The van der Waals surface area contributed by atoms with Gasteiger partial charge in [-0.3, -0.25) is 9.59 Å². The van der Waals surface area contributed by atoms with Gasteiger partial charge in [0.1, 0.15) is 5.75 Å². The number of nitrogens with zero attached hydrogens (tertiary/aromatic N) is 1. The van der Waals surface area contributed by atoms with Gasteiger partial charge in [0, 0.05) is 17.1 Å². The van der Waals surface area contributed by atoms with Crippen LogP contribution in [0.3, 0.4) is 0 Å². The van der Waals surface area contributed by atoms with Crippen LogP contribution < -0.4 is 15.0 Å². The zero-order valence-corrected chi connectivity index (χ0v) is 16.3. The number of hydrogen-bond acceptors (Lipinski definition) is 4. The summed E-state index contributed by atoms with van der Waals surface area (Å²) in [5.41, 5.74) is 1.35. The molecule has 1 N–H and O–H groups in total. The fraction of sp³-hybridized carbons (Fsp3) is 0.263. The van der Waals surface area contributed by atoms with E-state index >= 15 is 0 Å². The molecule has 2 aromatic rings. The summed E-state index contributed by atoms with van der Waals surface area (Å²) in [5, 5.41) is 3.19. The Hall–Kier alpha value is -2.18. The van der Waals surface area contributed by atoms with Gasteiger partial charge >= 0.3 is 0 Å². The first-order valence-corrected chi connectivity index (χ1v) is 9.35. The lowest BCUT2D eigenvalue weighted by molar-refractivity contribution is -0.128. The Morgan fingerprint density at radius 2 is 2.04 bits per heavy atom. The Balaban J connectivity index is 1.91. The average Bonchev–Trinajstić information content (AvgIpc) is 2.63. The highest BCUT2D eigenvalue weighted by molar-refractivity contribution is 8.02. The van der Waals surface area contributed by atoms with Crippen LogP contribution in [0.1, 0.15) is 13.8 Å². The van der Waals surface area contributed by atoms with Crippen molar-refractivity contribution in [1.82, 2.24) is 0 Å². The van der Waals surface area contributed by atoms with E-state index in [2.05, 4.69) is 5.32 Å². The van der Waals surface area contributed by atoms with Gasteiger partial charge in [0.15, 0.2) is 4.75 Å². The molecule has 0 bridgehead atoms. The van der Waals surface area contributed by atoms with Crippen molar-refractivity contribution in [2.75, 3.05) is 23.9 Å². The normalized spacial score (nSPS) is 19.1. The second kappa shape index (κ2) is 7.21. The van der Waals surface area contributed by atoms with Crippen molar-refractivity contribution in [3.05, 3.63) is 47.5 Å². The van der Waals surface area contributed by atoms with Gasteiger partial charge in [-0.15, -0.1) is 0 Å². The van der Waals surface area contributed by atoms with Crippen LogP contribution in [0.2, 0.25) is 5.02 Å². The smallest absolute Gasteiger partial charge is 0.252 e. The average molecular weight is 391 g/mol. The predicted octanol–water partition coefficient (Wildman–Crippen LogP) is 4.20. The van der Waals surface area contributed by atoms with Crippen LogP contribution >= 0.6 is 23.4 Å². The van der Waals surface area contributed by atoms with Crippen molar-refractivity contribution < 1.29 is 14.3 Å². The fourth-order valence-electron chi connectivity index (χ4n) is 2.85. The van der Waals surface area contributed by atoms with E-state index in [1.54, 1.807) is 30.0 Å². The number of rotatable bonds is 4. The maximum Gasteiger partial charge on any atom is 0.252 e. The van der Waals surface area contributed by atoms with Crippen molar-refractivity contribution in [3.8, 4) is 5.75 Å². The van der Waals surface area contributed by atoms with Crippen molar-refractivity contribution in [1.29, 1.82) is 0 Å². The molecule has 1 aliphatic heterocycles. The topological polar surface area (TPSA) is 58.6 Å². The van der Waals surface area contributed by atoms with E-state index in [-0.39, 0.29) is 11.8 Å². The largest absolute Gasteiger partial charge is 0.495 e. The molecule has 136 valence electrons. The van der Waals surface area contributed by atoms with E-state index < -0.39 is 4.75 Å². The molecule has 1 aliphatic rings. The lowest BCUT2D eigenvalue weighted by Crippen LogP contribution is -2.54. The number of carbonyl (C=O) groups excluding carboxylic acids is 2. The highest BCUT2D eigenvalue weighted by Crippen LogP contribution is 2.45. The van der Waals surface area contributed by atoms with Gasteiger partial charge in [0.2, 0.25) is 5.91 Å². The number of anilines is 2. The number of benzene rings is 2. The Kier molecular flexibility index (Phi) is 5.16. The number of para-hydroxylation sites is 1. The van der Waals surface area contributed by atoms with Crippen LogP contribution in [-0.2, 0) is 9.59 Å². The Morgan fingerprint density at radius 3 is 2.69 bits per heavy atom. The molecule has 1 heterocycles. The van der Waals surface area contributed by atoms with Crippen LogP contribution in [0, 0.1) is 0 Å². The maximum atomic E-state index is 13.0. The molecule has 0 aromatic heterocycles. The Bertz CT molecular complexity index is 874. The molecule has 2 aromatic carbocycles. The predicted molar refractivity (Wildman–Crippen MR) is 105 cm³/mol. The summed E-state index contributed by atoms with van der Waals surface area (Å²) < 4.78 is 3.85. The van der Waals surface area contributed by atoms with Gasteiger partial charge in [0.05, 0.1) is 17.8 Å². The standard InChI is InChI=1S/C19H19ClN2O3S/c1-4-22-14-7-5-6-8-16(14)26-19(2,18(22)24)17(23)21-12-9-10-15(25-3)13(20)11-12/h5-11H,4H2,1-3H3,(H,21,23). The molecule has 26 heavy (non-hydrogen) atoms. The van der Waals surface area contributed by atoms with Gasteiger partial charge in [-0.2, -0.15) is 0 Å². The first-order valence-electron chi connectivity index (χ1n) is 8.15. The molecule has 1 unspecified atom stereocenters. The van der Waals surface area contributed by atoms with Gasteiger partial charge in [-0.25, -0.2) is 0 Å². The van der Waals surface area contributed by atoms with E-state index in [0.29, 0.717) is 23.0 Å². The quantitative estimate of drug-likeness (QED) is 0.794. The summed E-state index contributed by atoms with van der Waals surface area (Å²) in [7, 11) is 1.52. The summed E-state index contributed by atoms with van der Waals surface area (Å²) >= 11 is 7.38. The summed E-state index contributed by atoms with van der Waals surface area (Å²) in [6.07, 6.45) is 0. The van der Waals surface area contributed by atoms with Crippen molar-refractivity contribution >= 4 is 46.6 Å². The third-order valence-corrected chi connectivity index (χ3v) is 5.91. The molecule has 5 nitrogen and oxygen atoms in total. The Labute approximate surface area is 161 Å². The number of halogens is 1. The number of hydrogen-bond donors (Lipinski definition) is 1. The molecule has 1 atom stereocenters. The molecule has 0 radical (unpaired) electrons. The monoisotopic (exact) mass is 390 g/mol. The molecule has 3 rings (SSSR count). The number of amides is 2. The van der Waals surface area contributed by atoms with E-state index in [1.165, 1.54) is 18.9 Å². The number of thioether (sulfide) groups is 1. The highest BCUT2D eigenvalue weighted by Gasteiger charge is 2.48. The number of methoxy groups -OCH3 is 1. The molecular weight excluding hydrogens is 372 g/mol. The van der Waals surface area contributed by atoms with Crippen molar-refractivity contribution in [2.24, 2.45) is 0 Å². The molecule has 7 heteroatoms. The van der Waals surface area contributed by atoms with Crippen LogP contribution in [0.4, 0.5) is 11.4 Å². The SMILES string of the molecule is CCN1C(=O)C(C)(C(=O)Nc2ccc(OC)c(Cl)c2)Sc2ccccc21. The third kappa shape index (κ3) is 3.15. The minimum absolute atomic E-state index is 0.235. The molecule has 0 saturated heterocycles. The van der Waals surface area contributed by atoms with Gasteiger partial charge in [0.25, 0.3) is 5.91 Å². The van der Waals surface area contributed by atoms with Crippen molar-refractivity contribution in [2.45, 2.75) is 23.5 Å². The maximum absolute atomic E-state index is 13.0. The summed E-state index contributed by atoms with van der Waals surface area (Å²) in [6, 6.07) is 12.6. The third-order valence-electron chi connectivity index (χ3n) is 4.28. The highest BCUT2D eigenvalue weighted by atomic mass is 35.5. The minimum atomic E-state index is -1.27. The first-order chi connectivity index (χ1) is 12.4. The van der Waals surface area contributed by atoms with Crippen LogP contribution in [0.25, 0.3) is 0 Å². The molecular formula is C19H19ClN2O3S. The molecule has 0 saturated carbocycles. The molecule has 2 amide bonds. The van der Waals surface area contributed by atoms with Gasteiger partial charge < -0.3 is 15.0 Å². The zero-order valence-electron chi connectivity index (χ0n) is 14.7. The van der Waals surface area contributed by atoms with Crippen LogP contribution in [0.15, 0.2) is 47.4 Å². The van der Waals surface area contributed by atoms with Gasteiger partial charge in [-0.05, 0) is 44.2 Å². The van der Waals surface area contributed by atoms with E-state index in [1.807, 2.05) is 31.2 Å². The summed E-state index contributed by atoms with van der Waals surface area (Å²) in [5.74, 6) is -0.104. The lowest BCUT2D eigenvalue weighted by atomic mass is 10.1. The number of carbonyl (C=O) groups is 2. The summed E-state index contributed by atoms with van der Waals surface area (Å²) in [4.78, 5) is 28.6. The van der Waals surface area contributed by atoms with Gasteiger partial charge in [-0.1, -0.05) is 35.5 Å². The van der Waals surface area contributed by atoms with E-state index in [9.17, 15) is 9.59 Å². The number of fused-ring (bicyclic) bond motifs is 1. The summed E-state index contributed by atoms with van der Waals surface area (Å²) in [6.45, 7) is 4.04.